The Labute approximate surface area is 333 Å². The second-order valence-electron chi connectivity index (χ2n) is 14.7. The van der Waals surface area contributed by atoms with Crippen LogP contribution in [-0.4, -0.2) is 14.1 Å². The highest BCUT2D eigenvalue weighted by molar-refractivity contribution is 7.26. The molecule has 4 aromatic heterocycles. The number of nitrogens with zero attached hydrogens (tertiary/aromatic N) is 3. The summed E-state index contributed by atoms with van der Waals surface area (Å²) in [4.78, 5) is 5.63. The molecule has 4 heterocycles. The number of para-hydroxylation sites is 4. The Morgan fingerprint density at radius 2 is 0.789 bits per heavy atom. The molecule has 0 amide bonds. The van der Waals surface area contributed by atoms with Gasteiger partial charge in [0.15, 0.2) is 0 Å². The molecule has 12 aromatic rings. The summed E-state index contributed by atoms with van der Waals surface area (Å²) >= 11 is 1.86. The maximum Gasteiger partial charge on any atom is 0.0751 e. The van der Waals surface area contributed by atoms with Crippen molar-refractivity contribution >= 4 is 75.1 Å². The van der Waals surface area contributed by atoms with E-state index in [-0.39, 0.29) is 0 Å². The highest BCUT2D eigenvalue weighted by atomic mass is 32.1. The summed E-state index contributed by atoms with van der Waals surface area (Å²) in [5.41, 5.74) is 13.3. The molecular weight excluding hydrogens is 711 g/mol. The van der Waals surface area contributed by atoms with Gasteiger partial charge in [0.1, 0.15) is 0 Å². The molecular formula is C53H33N3S. The molecule has 0 bridgehead atoms. The van der Waals surface area contributed by atoms with E-state index in [2.05, 4.69) is 209 Å². The largest absolute Gasteiger partial charge is 0.308 e. The smallest absolute Gasteiger partial charge is 0.0751 e. The van der Waals surface area contributed by atoms with Gasteiger partial charge in [0.25, 0.3) is 0 Å². The summed E-state index contributed by atoms with van der Waals surface area (Å²) in [7, 11) is 0. The number of fused-ring (bicyclic) bond motifs is 9. The van der Waals surface area contributed by atoms with Crippen molar-refractivity contribution < 1.29 is 0 Å². The van der Waals surface area contributed by atoms with Gasteiger partial charge in [-0.05, 0) is 59.7 Å². The Morgan fingerprint density at radius 1 is 0.351 bits per heavy atom. The number of aromatic nitrogens is 3. The minimum Gasteiger partial charge on any atom is -0.308 e. The van der Waals surface area contributed by atoms with Crippen molar-refractivity contribution in [2.24, 2.45) is 0 Å². The van der Waals surface area contributed by atoms with Gasteiger partial charge in [0.05, 0.1) is 44.8 Å². The number of pyridine rings is 1. The van der Waals surface area contributed by atoms with Crippen molar-refractivity contribution in [3.05, 3.63) is 200 Å². The van der Waals surface area contributed by atoms with Crippen molar-refractivity contribution in [2.45, 2.75) is 0 Å². The van der Waals surface area contributed by atoms with E-state index in [0.717, 1.165) is 56.0 Å². The SMILES string of the molecule is c1ccc(-c2cc(-c3ccccc3)nc(-c3c(-n4c5ccccc5c5ccccc54)cc(-n4c5ccccc5c5ccccc54)c4c3sc3ccccc34)c2)cc1. The van der Waals surface area contributed by atoms with E-state index in [1.165, 1.54) is 52.8 Å². The van der Waals surface area contributed by atoms with Crippen LogP contribution in [0.1, 0.15) is 0 Å². The Bertz CT molecular complexity index is 3350. The van der Waals surface area contributed by atoms with Crippen molar-refractivity contribution in [2.75, 3.05) is 0 Å². The molecule has 57 heavy (non-hydrogen) atoms. The van der Waals surface area contributed by atoms with Crippen molar-refractivity contribution in [1.29, 1.82) is 0 Å². The molecule has 0 unspecified atom stereocenters. The zero-order valence-electron chi connectivity index (χ0n) is 30.8. The molecule has 0 saturated heterocycles. The summed E-state index contributed by atoms with van der Waals surface area (Å²) in [6.07, 6.45) is 0. The number of benzene rings is 8. The average molecular weight is 744 g/mol. The Balaban J connectivity index is 1.31. The molecule has 0 aliphatic carbocycles. The fourth-order valence-corrected chi connectivity index (χ4v) is 10.3. The van der Waals surface area contributed by atoms with Crippen LogP contribution in [0.5, 0.6) is 0 Å². The summed E-state index contributed by atoms with van der Waals surface area (Å²) in [6.45, 7) is 0. The molecule has 8 aromatic carbocycles. The van der Waals surface area contributed by atoms with Crippen LogP contribution in [0.2, 0.25) is 0 Å². The molecule has 0 aliphatic rings. The second-order valence-corrected chi connectivity index (χ2v) is 15.7. The van der Waals surface area contributed by atoms with Crippen LogP contribution in [-0.2, 0) is 0 Å². The third-order valence-electron chi connectivity index (χ3n) is 11.5. The van der Waals surface area contributed by atoms with E-state index in [9.17, 15) is 0 Å². The third kappa shape index (κ3) is 4.88. The van der Waals surface area contributed by atoms with Gasteiger partial charge in [-0.3, -0.25) is 0 Å². The molecule has 0 saturated carbocycles. The zero-order chi connectivity index (χ0) is 37.5. The molecule has 0 atom stereocenters. The van der Waals surface area contributed by atoms with Crippen LogP contribution in [0, 0.1) is 0 Å². The number of hydrogen-bond donors (Lipinski definition) is 0. The molecule has 266 valence electrons. The van der Waals surface area contributed by atoms with E-state index in [0.29, 0.717) is 0 Å². The van der Waals surface area contributed by atoms with E-state index in [4.69, 9.17) is 4.98 Å². The van der Waals surface area contributed by atoms with Crippen molar-refractivity contribution in [1.82, 2.24) is 14.1 Å². The van der Waals surface area contributed by atoms with Crippen LogP contribution in [0.4, 0.5) is 0 Å². The zero-order valence-corrected chi connectivity index (χ0v) is 31.6. The molecule has 3 nitrogen and oxygen atoms in total. The maximum absolute atomic E-state index is 5.63. The topological polar surface area (TPSA) is 22.8 Å². The lowest BCUT2D eigenvalue weighted by molar-refractivity contribution is 1.15. The predicted molar refractivity (Wildman–Crippen MR) is 242 cm³/mol. The fourth-order valence-electron chi connectivity index (χ4n) is 9.04. The van der Waals surface area contributed by atoms with Gasteiger partial charge < -0.3 is 9.13 Å². The standard InChI is InChI=1S/C53H33N3S/c1-3-17-34(18-4-1)36-31-42(35-19-5-2-6-20-35)54-43(32-36)52-49(56-46-28-14-9-23-39(46)40-24-10-15-29-47(40)56)33-48(51-41-25-11-16-30-50(41)57-53(51)52)55-44-26-12-7-21-37(44)38-22-8-13-27-45(38)55/h1-33H. The van der Waals surface area contributed by atoms with E-state index < -0.39 is 0 Å². The van der Waals surface area contributed by atoms with Gasteiger partial charge in [-0.15, -0.1) is 11.3 Å². The molecule has 4 heteroatoms. The lowest BCUT2D eigenvalue weighted by Gasteiger charge is -2.20. The highest BCUT2D eigenvalue weighted by Gasteiger charge is 2.26. The van der Waals surface area contributed by atoms with Gasteiger partial charge in [-0.1, -0.05) is 152 Å². The summed E-state index contributed by atoms with van der Waals surface area (Å²) in [6, 6.07) is 72.5. The van der Waals surface area contributed by atoms with Gasteiger partial charge >= 0.3 is 0 Å². The average Bonchev–Trinajstić information content (AvgIpc) is 3.95. The lowest BCUT2D eigenvalue weighted by atomic mass is 9.97. The first-order valence-electron chi connectivity index (χ1n) is 19.4. The predicted octanol–water partition coefficient (Wildman–Crippen LogP) is 14.6. The first-order valence-corrected chi connectivity index (χ1v) is 20.2. The Morgan fingerprint density at radius 3 is 1.35 bits per heavy atom. The van der Waals surface area contributed by atoms with E-state index in [1.54, 1.807) is 0 Å². The minimum absolute atomic E-state index is 0.942. The normalized spacial score (nSPS) is 11.9. The molecule has 0 aliphatic heterocycles. The number of thiophene rings is 1. The van der Waals surface area contributed by atoms with E-state index >= 15 is 0 Å². The van der Waals surface area contributed by atoms with Crippen LogP contribution >= 0.6 is 11.3 Å². The first kappa shape index (κ1) is 32.0. The Kier molecular flexibility index (Phi) is 7.10. The van der Waals surface area contributed by atoms with Gasteiger partial charge in [-0.2, -0.15) is 0 Å². The lowest BCUT2D eigenvalue weighted by Crippen LogP contribution is -2.03. The first-order chi connectivity index (χ1) is 28.3. The van der Waals surface area contributed by atoms with Crippen LogP contribution in [0.15, 0.2) is 200 Å². The van der Waals surface area contributed by atoms with Gasteiger partial charge in [-0.25, -0.2) is 4.98 Å². The van der Waals surface area contributed by atoms with Crippen LogP contribution in [0.25, 0.3) is 109 Å². The monoisotopic (exact) mass is 743 g/mol. The van der Waals surface area contributed by atoms with Crippen molar-refractivity contribution in [3.63, 3.8) is 0 Å². The minimum atomic E-state index is 0.942. The number of hydrogen-bond acceptors (Lipinski definition) is 2. The molecule has 0 radical (unpaired) electrons. The third-order valence-corrected chi connectivity index (χ3v) is 12.7. The Hall–Kier alpha value is -7.27. The van der Waals surface area contributed by atoms with Crippen molar-refractivity contribution in [3.8, 4) is 45.0 Å². The second kappa shape index (κ2) is 12.6. The molecule has 12 rings (SSSR count). The summed E-state index contributed by atoms with van der Waals surface area (Å²) < 4.78 is 7.44. The molecule has 0 fully saturated rings. The number of rotatable bonds is 5. The van der Waals surface area contributed by atoms with Gasteiger partial charge in [0.2, 0.25) is 0 Å². The quantitative estimate of drug-likeness (QED) is 0.172. The van der Waals surface area contributed by atoms with E-state index in [1.807, 2.05) is 11.3 Å². The summed E-state index contributed by atoms with van der Waals surface area (Å²) in [5.74, 6) is 0. The van der Waals surface area contributed by atoms with Crippen LogP contribution < -0.4 is 0 Å². The molecule has 0 spiro atoms. The fraction of sp³-hybridized carbons (Fsp3) is 0. The van der Waals surface area contributed by atoms with Crippen LogP contribution in [0.3, 0.4) is 0 Å². The summed E-state index contributed by atoms with van der Waals surface area (Å²) in [5, 5.41) is 7.41. The highest BCUT2D eigenvalue weighted by Crippen LogP contribution is 2.49. The maximum atomic E-state index is 5.63. The van der Waals surface area contributed by atoms with Gasteiger partial charge in [0, 0.05) is 52.8 Å². The molecule has 0 N–H and O–H groups in total.